The van der Waals surface area contributed by atoms with Crippen LogP contribution in [-0.2, 0) is 6.61 Å². The van der Waals surface area contributed by atoms with Crippen LogP contribution in [0.5, 0.6) is 5.75 Å². The molecule has 0 aliphatic carbocycles. The Morgan fingerprint density at radius 2 is 1.94 bits per heavy atom. The third-order valence-corrected chi connectivity index (χ3v) is 2.51. The Hall–Kier alpha value is -2.54. The normalized spacial score (nSPS) is 9.78. The zero-order valence-corrected chi connectivity index (χ0v) is 9.56. The van der Waals surface area contributed by atoms with Gasteiger partial charge in [0.1, 0.15) is 29.8 Å². The van der Waals surface area contributed by atoms with Gasteiger partial charge in [-0.2, -0.15) is 5.26 Å². The molecule has 0 spiro atoms. The van der Waals surface area contributed by atoms with Crippen molar-refractivity contribution in [3.8, 4) is 11.8 Å². The van der Waals surface area contributed by atoms with Crippen molar-refractivity contribution in [2.45, 2.75) is 6.61 Å². The number of benzene rings is 2. The van der Waals surface area contributed by atoms with Gasteiger partial charge in [0.05, 0.1) is 5.69 Å². The summed E-state index contributed by atoms with van der Waals surface area (Å²) in [6.45, 7) is 0.0603. The van der Waals surface area contributed by atoms with Gasteiger partial charge in [-0.3, -0.25) is 0 Å². The summed E-state index contributed by atoms with van der Waals surface area (Å²) >= 11 is 0. The van der Waals surface area contributed by atoms with Crippen LogP contribution in [0.25, 0.3) is 0 Å². The molecular formula is C14H11FN2O. The minimum atomic E-state index is -0.333. The number of nitrogens with two attached hydrogens (primary N) is 1. The summed E-state index contributed by atoms with van der Waals surface area (Å²) in [4.78, 5) is 0. The SMILES string of the molecule is N#Cc1c(N)cccc1OCc1ccccc1F. The van der Waals surface area contributed by atoms with Crippen molar-refractivity contribution in [2.75, 3.05) is 5.73 Å². The number of nitrogen functional groups attached to an aromatic ring is 1. The van der Waals surface area contributed by atoms with Crippen LogP contribution in [0.3, 0.4) is 0 Å². The molecule has 2 aromatic rings. The van der Waals surface area contributed by atoms with Crippen molar-refractivity contribution in [3.63, 3.8) is 0 Å². The molecule has 0 radical (unpaired) electrons. The molecule has 0 aliphatic heterocycles. The van der Waals surface area contributed by atoms with E-state index < -0.39 is 0 Å². The molecule has 0 saturated carbocycles. The maximum absolute atomic E-state index is 13.4. The third kappa shape index (κ3) is 2.41. The van der Waals surface area contributed by atoms with E-state index in [1.165, 1.54) is 6.07 Å². The monoisotopic (exact) mass is 242 g/mol. The molecule has 0 aromatic heterocycles. The number of ether oxygens (including phenoxy) is 1. The van der Waals surface area contributed by atoms with Crippen LogP contribution in [-0.4, -0.2) is 0 Å². The minimum absolute atomic E-state index is 0.0603. The van der Waals surface area contributed by atoms with E-state index in [1.54, 1.807) is 36.4 Å². The number of nitrogens with zero attached hydrogens (tertiary/aromatic N) is 1. The van der Waals surface area contributed by atoms with E-state index in [2.05, 4.69) is 0 Å². The second kappa shape index (κ2) is 5.19. The van der Waals surface area contributed by atoms with Gasteiger partial charge < -0.3 is 10.5 Å². The molecule has 90 valence electrons. The number of anilines is 1. The lowest BCUT2D eigenvalue weighted by Crippen LogP contribution is -2.01. The fraction of sp³-hybridized carbons (Fsp3) is 0.0714. The zero-order valence-electron chi connectivity index (χ0n) is 9.56. The van der Waals surface area contributed by atoms with Crippen molar-refractivity contribution in [3.05, 3.63) is 59.4 Å². The lowest BCUT2D eigenvalue weighted by Gasteiger charge is -2.09. The Labute approximate surface area is 104 Å². The lowest BCUT2D eigenvalue weighted by atomic mass is 10.2. The van der Waals surface area contributed by atoms with E-state index in [1.807, 2.05) is 6.07 Å². The first-order valence-electron chi connectivity index (χ1n) is 5.37. The standard InChI is InChI=1S/C14H11FN2O/c15-12-5-2-1-4-10(12)9-18-14-7-3-6-13(17)11(14)8-16/h1-7H,9,17H2. The highest BCUT2D eigenvalue weighted by Crippen LogP contribution is 2.24. The fourth-order valence-corrected chi connectivity index (χ4v) is 1.56. The van der Waals surface area contributed by atoms with Gasteiger partial charge in [-0.25, -0.2) is 4.39 Å². The van der Waals surface area contributed by atoms with Gasteiger partial charge in [0.2, 0.25) is 0 Å². The van der Waals surface area contributed by atoms with Crippen LogP contribution in [0.2, 0.25) is 0 Å². The molecule has 0 atom stereocenters. The molecule has 0 fully saturated rings. The molecule has 0 aliphatic rings. The first kappa shape index (κ1) is 11.9. The molecule has 0 amide bonds. The quantitative estimate of drug-likeness (QED) is 0.842. The maximum atomic E-state index is 13.4. The maximum Gasteiger partial charge on any atom is 0.139 e. The first-order valence-corrected chi connectivity index (χ1v) is 5.37. The summed E-state index contributed by atoms with van der Waals surface area (Å²) in [5.41, 5.74) is 6.71. The average Bonchev–Trinajstić information content (AvgIpc) is 2.38. The van der Waals surface area contributed by atoms with Crippen molar-refractivity contribution in [1.29, 1.82) is 5.26 Å². The molecule has 0 heterocycles. The lowest BCUT2D eigenvalue weighted by molar-refractivity contribution is 0.299. The molecule has 2 rings (SSSR count). The first-order chi connectivity index (χ1) is 8.72. The van der Waals surface area contributed by atoms with Gasteiger partial charge in [0, 0.05) is 5.56 Å². The minimum Gasteiger partial charge on any atom is -0.487 e. The van der Waals surface area contributed by atoms with Gasteiger partial charge in [-0.1, -0.05) is 24.3 Å². The molecular weight excluding hydrogens is 231 g/mol. The third-order valence-electron chi connectivity index (χ3n) is 2.51. The van der Waals surface area contributed by atoms with Crippen molar-refractivity contribution >= 4 is 5.69 Å². The summed E-state index contributed by atoms with van der Waals surface area (Å²) < 4.78 is 18.8. The second-order valence-electron chi connectivity index (χ2n) is 3.71. The molecule has 4 heteroatoms. The summed E-state index contributed by atoms with van der Waals surface area (Å²) in [6, 6.07) is 13.2. The molecule has 0 unspecified atom stereocenters. The van der Waals surface area contributed by atoms with E-state index in [0.717, 1.165) is 0 Å². The van der Waals surface area contributed by atoms with Crippen LogP contribution in [0.4, 0.5) is 10.1 Å². The summed E-state index contributed by atoms with van der Waals surface area (Å²) in [7, 11) is 0. The Bertz CT molecular complexity index is 605. The Balaban J connectivity index is 2.19. The van der Waals surface area contributed by atoms with Crippen LogP contribution < -0.4 is 10.5 Å². The van der Waals surface area contributed by atoms with Gasteiger partial charge in [0.15, 0.2) is 0 Å². The van der Waals surface area contributed by atoms with E-state index in [4.69, 9.17) is 15.7 Å². The topological polar surface area (TPSA) is 59.0 Å². The van der Waals surface area contributed by atoms with E-state index in [-0.39, 0.29) is 18.0 Å². The largest absolute Gasteiger partial charge is 0.487 e. The smallest absolute Gasteiger partial charge is 0.139 e. The molecule has 2 aromatic carbocycles. The zero-order chi connectivity index (χ0) is 13.0. The van der Waals surface area contributed by atoms with Crippen molar-refractivity contribution < 1.29 is 9.13 Å². The van der Waals surface area contributed by atoms with Crippen LogP contribution in [0.1, 0.15) is 11.1 Å². The average molecular weight is 242 g/mol. The number of nitriles is 1. The summed E-state index contributed by atoms with van der Waals surface area (Å²) in [5, 5.41) is 8.97. The van der Waals surface area contributed by atoms with E-state index in [0.29, 0.717) is 17.0 Å². The van der Waals surface area contributed by atoms with Crippen LogP contribution >= 0.6 is 0 Å². The van der Waals surface area contributed by atoms with Gasteiger partial charge >= 0.3 is 0 Å². The van der Waals surface area contributed by atoms with E-state index >= 15 is 0 Å². The predicted molar refractivity (Wildman–Crippen MR) is 66.3 cm³/mol. The number of rotatable bonds is 3. The van der Waals surface area contributed by atoms with Crippen molar-refractivity contribution in [2.24, 2.45) is 0 Å². The highest BCUT2D eigenvalue weighted by molar-refractivity contribution is 5.60. The van der Waals surface area contributed by atoms with Crippen molar-refractivity contribution in [1.82, 2.24) is 0 Å². The molecule has 18 heavy (non-hydrogen) atoms. The Kier molecular flexibility index (Phi) is 3.44. The van der Waals surface area contributed by atoms with Crippen LogP contribution in [0, 0.1) is 17.1 Å². The molecule has 2 N–H and O–H groups in total. The predicted octanol–water partition coefficient (Wildman–Crippen LogP) is 2.86. The Morgan fingerprint density at radius 1 is 1.17 bits per heavy atom. The number of halogens is 1. The van der Waals surface area contributed by atoms with Gasteiger partial charge in [-0.05, 0) is 18.2 Å². The fourth-order valence-electron chi connectivity index (χ4n) is 1.56. The van der Waals surface area contributed by atoms with Crippen LogP contribution in [0.15, 0.2) is 42.5 Å². The number of hydrogen-bond acceptors (Lipinski definition) is 3. The highest BCUT2D eigenvalue weighted by atomic mass is 19.1. The van der Waals surface area contributed by atoms with Gasteiger partial charge in [-0.15, -0.1) is 0 Å². The van der Waals surface area contributed by atoms with E-state index in [9.17, 15) is 4.39 Å². The molecule has 3 nitrogen and oxygen atoms in total. The Morgan fingerprint density at radius 3 is 2.67 bits per heavy atom. The summed E-state index contributed by atoms with van der Waals surface area (Å²) in [5.74, 6) is 0.0284. The summed E-state index contributed by atoms with van der Waals surface area (Å²) in [6.07, 6.45) is 0. The highest BCUT2D eigenvalue weighted by Gasteiger charge is 2.08. The molecule has 0 bridgehead atoms. The van der Waals surface area contributed by atoms with Gasteiger partial charge in [0.25, 0.3) is 0 Å². The second-order valence-corrected chi connectivity index (χ2v) is 3.71. The molecule has 0 saturated heterocycles. The number of hydrogen-bond donors (Lipinski definition) is 1.